The number of hydrogen-bond acceptors (Lipinski definition) is 3. The Morgan fingerprint density at radius 1 is 1.35 bits per heavy atom. The molecule has 1 aliphatic rings. The number of rotatable bonds is 5. The molecular formula is C17H19BBrNO3. The van der Waals surface area contributed by atoms with E-state index in [1.807, 2.05) is 51.2 Å². The lowest BCUT2D eigenvalue weighted by Gasteiger charge is -2.21. The minimum absolute atomic E-state index is 0.148. The smallest absolute Gasteiger partial charge is 0.303 e. The lowest BCUT2D eigenvalue weighted by molar-refractivity contribution is -0.145. The topological polar surface area (TPSA) is 46.6 Å². The number of para-hydroxylation sites is 1. The minimum atomic E-state index is -0.513. The lowest BCUT2D eigenvalue weighted by atomic mass is 10.0. The second-order valence-electron chi connectivity index (χ2n) is 5.38. The Morgan fingerprint density at radius 3 is 2.52 bits per heavy atom. The van der Waals surface area contributed by atoms with E-state index in [1.165, 1.54) is 6.92 Å². The molecular weight excluding hydrogens is 357 g/mol. The fourth-order valence-electron chi connectivity index (χ4n) is 2.57. The van der Waals surface area contributed by atoms with Gasteiger partial charge < -0.3 is 4.74 Å². The summed E-state index contributed by atoms with van der Waals surface area (Å²) in [6.07, 6.45) is 2.73. The van der Waals surface area contributed by atoms with Gasteiger partial charge in [0.2, 0.25) is 0 Å². The van der Waals surface area contributed by atoms with Crippen LogP contribution in [0.5, 0.6) is 0 Å². The van der Waals surface area contributed by atoms with E-state index in [4.69, 9.17) is 4.74 Å². The minimum Gasteiger partial charge on any atom is -0.457 e. The molecule has 23 heavy (non-hydrogen) atoms. The van der Waals surface area contributed by atoms with Crippen molar-refractivity contribution >= 4 is 41.3 Å². The fraction of sp³-hybridized carbons (Fsp3) is 0.294. The number of carbonyl (C=O) groups excluding carboxylic acids is 2. The molecule has 1 amide bonds. The molecule has 4 nitrogen and oxygen atoms in total. The average Bonchev–Trinajstić information content (AvgIpc) is 2.85. The summed E-state index contributed by atoms with van der Waals surface area (Å²) >= 11 is 3.47. The van der Waals surface area contributed by atoms with E-state index in [-0.39, 0.29) is 11.9 Å². The van der Waals surface area contributed by atoms with E-state index in [9.17, 15) is 9.59 Å². The molecule has 0 aromatic heterocycles. The third-order valence-corrected chi connectivity index (χ3v) is 3.96. The van der Waals surface area contributed by atoms with Crippen LogP contribution >= 0.6 is 15.9 Å². The van der Waals surface area contributed by atoms with E-state index in [2.05, 4.69) is 15.9 Å². The summed E-state index contributed by atoms with van der Waals surface area (Å²) in [5, 5.41) is 0. The standard InChI is InChI=1S/C17H19BBrNO3/c1-3-7-15(23-11(2)21)13-10-14(16(18)19)20(17(13)22)12-8-5-4-6-9-12/h4-6,8-10,15H,3,7,18H2,1-2H3/b16-14-. The van der Waals surface area contributed by atoms with Gasteiger partial charge in [-0.25, -0.2) is 0 Å². The predicted octanol–water partition coefficient (Wildman–Crippen LogP) is 2.89. The van der Waals surface area contributed by atoms with Crippen LogP contribution in [0.1, 0.15) is 26.7 Å². The Morgan fingerprint density at radius 2 is 2.00 bits per heavy atom. The second-order valence-corrected chi connectivity index (χ2v) is 6.57. The summed E-state index contributed by atoms with van der Waals surface area (Å²) in [6.45, 7) is 3.36. The van der Waals surface area contributed by atoms with Gasteiger partial charge in [0.25, 0.3) is 5.91 Å². The van der Waals surface area contributed by atoms with E-state index < -0.39 is 6.10 Å². The second kappa shape index (κ2) is 7.64. The summed E-state index contributed by atoms with van der Waals surface area (Å²) in [5.41, 5.74) is 2.07. The Balaban J connectivity index is 2.43. The van der Waals surface area contributed by atoms with Gasteiger partial charge in [0.05, 0.1) is 11.3 Å². The number of carbonyl (C=O) groups is 2. The molecule has 1 heterocycles. The molecule has 0 radical (unpaired) electrons. The highest BCUT2D eigenvalue weighted by molar-refractivity contribution is 9.12. The molecule has 1 aliphatic heterocycles. The highest BCUT2D eigenvalue weighted by Gasteiger charge is 2.35. The van der Waals surface area contributed by atoms with Crippen molar-refractivity contribution < 1.29 is 14.3 Å². The van der Waals surface area contributed by atoms with E-state index >= 15 is 0 Å². The molecule has 2 rings (SSSR count). The van der Waals surface area contributed by atoms with Crippen LogP contribution in [-0.4, -0.2) is 25.8 Å². The number of benzene rings is 1. The molecule has 6 heteroatoms. The number of halogens is 1. The van der Waals surface area contributed by atoms with Crippen molar-refractivity contribution in [2.24, 2.45) is 0 Å². The van der Waals surface area contributed by atoms with Crippen LogP contribution in [0.2, 0.25) is 0 Å². The van der Waals surface area contributed by atoms with Gasteiger partial charge in [0.15, 0.2) is 7.85 Å². The molecule has 0 spiro atoms. The monoisotopic (exact) mass is 375 g/mol. The molecule has 1 aromatic carbocycles. The lowest BCUT2D eigenvalue weighted by Crippen LogP contribution is -2.31. The van der Waals surface area contributed by atoms with Crippen LogP contribution in [0.4, 0.5) is 5.69 Å². The van der Waals surface area contributed by atoms with Crippen molar-refractivity contribution in [3.05, 3.63) is 52.1 Å². The maximum absolute atomic E-state index is 12.9. The molecule has 0 N–H and O–H groups in total. The molecule has 0 bridgehead atoms. The van der Waals surface area contributed by atoms with Crippen molar-refractivity contribution in [3.63, 3.8) is 0 Å². The molecule has 120 valence electrons. The first kappa shape index (κ1) is 17.5. The average molecular weight is 376 g/mol. The van der Waals surface area contributed by atoms with Crippen molar-refractivity contribution in [2.75, 3.05) is 4.90 Å². The van der Waals surface area contributed by atoms with Crippen LogP contribution in [0.15, 0.2) is 52.1 Å². The van der Waals surface area contributed by atoms with Gasteiger partial charge in [-0.3, -0.25) is 14.5 Å². The van der Waals surface area contributed by atoms with Gasteiger partial charge >= 0.3 is 5.97 Å². The summed E-state index contributed by atoms with van der Waals surface area (Å²) in [6, 6.07) is 9.44. The normalized spacial score (nSPS) is 17.8. The zero-order chi connectivity index (χ0) is 17.0. The Bertz CT molecular complexity index is 666. The van der Waals surface area contributed by atoms with Crippen molar-refractivity contribution in [2.45, 2.75) is 32.8 Å². The first-order chi connectivity index (χ1) is 11.0. The van der Waals surface area contributed by atoms with Crippen LogP contribution in [0.25, 0.3) is 0 Å². The van der Waals surface area contributed by atoms with Gasteiger partial charge in [-0.15, -0.1) is 0 Å². The molecule has 1 atom stereocenters. The number of allylic oxidation sites excluding steroid dienone is 1. The zero-order valence-electron chi connectivity index (χ0n) is 13.5. The van der Waals surface area contributed by atoms with E-state index in [0.29, 0.717) is 12.0 Å². The van der Waals surface area contributed by atoms with Crippen LogP contribution in [0.3, 0.4) is 0 Å². The highest BCUT2D eigenvalue weighted by Crippen LogP contribution is 2.34. The first-order valence-electron chi connectivity index (χ1n) is 7.60. The number of nitrogens with zero attached hydrogens (tertiary/aromatic N) is 1. The Hall–Kier alpha value is -1.82. The molecule has 0 saturated heterocycles. The SMILES string of the molecule is B/C(Br)=C1\C=C(C(CCC)OC(C)=O)C(=O)N1c1ccccc1. The van der Waals surface area contributed by atoms with Gasteiger partial charge in [-0.05, 0) is 29.0 Å². The largest absolute Gasteiger partial charge is 0.457 e. The van der Waals surface area contributed by atoms with Gasteiger partial charge in [0, 0.05) is 12.6 Å². The predicted molar refractivity (Wildman–Crippen MR) is 97.0 cm³/mol. The van der Waals surface area contributed by atoms with Gasteiger partial charge in [-0.2, -0.15) is 0 Å². The van der Waals surface area contributed by atoms with Crippen LogP contribution in [0, 0.1) is 0 Å². The Kier molecular flexibility index (Phi) is 5.83. The molecule has 1 unspecified atom stereocenters. The van der Waals surface area contributed by atoms with E-state index in [0.717, 1.165) is 22.2 Å². The van der Waals surface area contributed by atoms with Gasteiger partial charge in [-0.1, -0.05) is 47.5 Å². The molecule has 0 aliphatic carbocycles. The van der Waals surface area contributed by atoms with Crippen molar-refractivity contribution in [1.82, 2.24) is 0 Å². The number of ether oxygens (including phenoxy) is 1. The number of amides is 1. The van der Waals surface area contributed by atoms with Gasteiger partial charge in [0.1, 0.15) is 6.10 Å². The third kappa shape index (κ3) is 3.94. The van der Waals surface area contributed by atoms with Crippen LogP contribution < -0.4 is 4.90 Å². The molecule has 0 fully saturated rings. The van der Waals surface area contributed by atoms with E-state index in [1.54, 1.807) is 4.90 Å². The number of hydrogen-bond donors (Lipinski definition) is 0. The van der Waals surface area contributed by atoms with Crippen LogP contribution in [-0.2, 0) is 14.3 Å². The number of esters is 1. The highest BCUT2D eigenvalue weighted by atomic mass is 79.9. The fourth-order valence-corrected chi connectivity index (χ4v) is 2.86. The summed E-state index contributed by atoms with van der Waals surface area (Å²) in [7, 11) is 1.89. The van der Waals surface area contributed by atoms with Crippen molar-refractivity contribution in [3.8, 4) is 0 Å². The van der Waals surface area contributed by atoms with Crippen molar-refractivity contribution in [1.29, 1.82) is 0 Å². The zero-order valence-corrected chi connectivity index (χ0v) is 15.1. The summed E-state index contributed by atoms with van der Waals surface area (Å²) in [5.74, 6) is -0.527. The summed E-state index contributed by atoms with van der Waals surface area (Å²) in [4.78, 5) is 25.9. The maximum Gasteiger partial charge on any atom is 0.303 e. The Labute approximate surface area is 145 Å². The molecule has 0 saturated carbocycles. The maximum atomic E-state index is 12.9. The quantitative estimate of drug-likeness (QED) is 0.587. The molecule has 1 aromatic rings. The third-order valence-electron chi connectivity index (χ3n) is 3.56. The summed E-state index contributed by atoms with van der Waals surface area (Å²) < 4.78 is 6.21. The first-order valence-corrected chi connectivity index (χ1v) is 8.39. The number of anilines is 1.